The maximum Gasteiger partial charge on any atom is 0.325 e. The maximum atomic E-state index is 13.6. The molecule has 1 atom stereocenters. The molecule has 1 aromatic carbocycles. The van der Waals surface area contributed by atoms with Crippen LogP contribution in [0.5, 0.6) is 0 Å². The summed E-state index contributed by atoms with van der Waals surface area (Å²) in [5.41, 5.74) is 0.359. The number of halogens is 1. The summed E-state index contributed by atoms with van der Waals surface area (Å²) in [6.45, 7) is 1.39. The Kier molecular flexibility index (Phi) is 4.93. The van der Waals surface area contributed by atoms with Gasteiger partial charge < -0.3 is 14.8 Å². The van der Waals surface area contributed by atoms with Crippen LogP contribution in [-0.2, 0) is 16.0 Å². The second-order valence-electron chi connectivity index (χ2n) is 4.87. The number of carbonyl (C=O) groups is 2. The van der Waals surface area contributed by atoms with E-state index in [1.54, 1.807) is 30.3 Å². The minimum atomic E-state index is -1.09. The van der Waals surface area contributed by atoms with Gasteiger partial charge in [-0.15, -0.1) is 0 Å². The molecule has 116 valence electrons. The lowest BCUT2D eigenvalue weighted by Gasteiger charge is -2.08. The van der Waals surface area contributed by atoms with Gasteiger partial charge >= 0.3 is 5.97 Å². The van der Waals surface area contributed by atoms with Crippen LogP contribution in [0, 0.1) is 5.82 Å². The van der Waals surface area contributed by atoms with Gasteiger partial charge in [-0.2, -0.15) is 0 Å². The molecule has 0 radical (unpaired) electrons. The highest BCUT2D eigenvalue weighted by Crippen LogP contribution is 2.25. The molecule has 0 spiro atoms. The first-order chi connectivity index (χ1) is 10.5. The first-order valence-electron chi connectivity index (χ1n) is 6.83. The molecule has 0 bridgehead atoms. The van der Waals surface area contributed by atoms with Gasteiger partial charge in [0, 0.05) is 12.8 Å². The van der Waals surface area contributed by atoms with Crippen LogP contribution in [0.2, 0.25) is 0 Å². The fraction of sp³-hybridized carbons (Fsp3) is 0.250. The van der Waals surface area contributed by atoms with Crippen LogP contribution in [0.15, 0.2) is 40.8 Å². The quantitative estimate of drug-likeness (QED) is 0.859. The highest BCUT2D eigenvalue weighted by atomic mass is 19.1. The Balaban J connectivity index is 1.94. The number of amides is 1. The molecule has 1 aromatic heterocycles. The van der Waals surface area contributed by atoms with Gasteiger partial charge in [0.25, 0.3) is 0 Å². The minimum Gasteiger partial charge on any atom is -0.480 e. The SMILES string of the molecule is C[C@H](NC(=O)CCc1ccc(-c2ccccc2F)o1)C(=O)O. The Morgan fingerprint density at radius 3 is 2.68 bits per heavy atom. The van der Waals surface area contributed by atoms with Crippen LogP contribution in [-0.4, -0.2) is 23.0 Å². The first kappa shape index (κ1) is 15.8. The average Bonchev–Trinajstić information content (AvgIpc) is 2.94. The lowest BCUT2D eigenvalue weighted by Crippen LogP contribution is -2.38. The molecule has 2 rings (SSSR count). The lowest BCUT2D eigenvalue weighted by atomic mass is 10.1. The van der Waals surface area contributed by atoms with Crippen LogP contribution >= 0.6 is 0 Å². The molecule has 0 unspecified atom stereocenters. The largest absolute Gasteiger partial charge is 0.480 e. The number of nitrogens with one attached hydrogen (secondary N) is 1. The van der Waals surface area contributed by atoms with Crippen molar-refractivity contribution in [1.82, 2.24) is 5.32 Å². The van der Waals surface area contributed by atoms with Gasteiger partial charge in [0.15, 0.2) is 0 Å². The van der Waals surface area contributed by atoms with Gasteiger partial charge in [-0.3, -0.25) is 9.59 Å². The topological polar surface area (TPSA) is 79.5 Å². The number of hydrogen-bond acceptors (Lipinski definition) is 3. The third-order valence-corrected chi connectivity index (χ3v) is 3.15. The zero-order valence-corrected chi connectivity index (χ0v) is 12.0. The second-order valence-corrected chi connectivity index (χ2v) is 4.87. The Morgan fingerprint density at radius 2 is 2.00 bits per heavy atom. The van der Waals surface area contributed by atoms with E-state index >= 15 is 0 Å². The molecule has 0 aliphatic heterocycles. The zero-order valence-electron chi connectivity index (χ0n) is 12.0. The van der Waals surface area contributed by atoms with Crippen molar-refractivity contribution in [2.24, 2.45) is 0 Å². The summed E-state index contributed by atoms with van der Waals surface area (Å²) in [6.07, 6.45) is 0.411. The van der Waals surface area contributed by atoms with Crippen LogP contribution in [0.3, 0.4) is 0 Å². The molecule has 2 aromatic rings. The predicted octanol–water partition coefficient (Wildman–Crippen LogP) is 2.61. The lowest BCUT2D eigenvalue weighted by molar-refractivity contribution is -0.141. The highest BCUT2D eigenvalue weighted by molar-refractivity contribution is 5.83. The summed E-state index contributed by atoms with van der Waals surface area (Å²) in [5.74, 6) is -0.910. The predicted molar refractivity (Wildman–Crippen MR) is 77.7 cm³/mol. The number of rotatable bonds is 6. The number of carbonyl (C=O) groups excluding carboxylic acids is 1. The van der Waals surface area contributed by atoms with Gasteiger partial charge in [0.1, 0.15) is 23.4 Å². The Hall–Kier alpha value is -2.63. The molecule has 22 heavy (non-hydrogen) atoms. The van der Waals surface area contributed by atoms with Crippen LogP contribution in [0.1, 0.15) is 19.1 Å². The van der Waals surface area contributed by atoms with E-state index in [0.29, 0.717) is 23.5 Å². The third kappa shape index (κ3) is 3.94. The molecule has 1 amide bonds. The van der Waals surface area contributed by atoms with Gasteiger partial charge in [0.05, 0.1) is 5.56 Å². The van der Waals surface area contributed by atoms with Crippen molar-refractivity contribution >= 4 is 11.9 Å². The van der Waals surface area contributed by atoms with E-state index in [4.69, 9.17) is 9.52 Å². The van der Waals surface area contributed by atoms with Crippen molar-refractivity contribution in [2.75, 3.05) is 0 Å². The van der Waals surface area contributed by atoms with E-state index in [-0.39, 0.29) is 18.1 Å². The van der Waals surface area contributed by atoms with Crippen molar-refractivity contribution in [3.8, 4) is 11.3 Å². The number of carboxylic acids is 1. The highest BCUT2D eigenvalue weighted by Gasteiger charge is 2.15. The molecule has 2 N–H and O–H groups in total. The smallest absolute Gasteiger partial charge is 0.325 e. The molecular formula is C16H16FNO4. The summed E-state index contributed by atoms with van der Waals surface area (Å²) < 4.78 is 19.2. The molecular weight excluding hydrogens is 289 g/mol. The van der Waals surface area contributed by atoms with Crippen molar-refractivity contribution in [2.45, 2.75) is 25.8 Å². The molecule has 5 nitrogen and oxygen atoms in total. The summed E-state index contributed by atoms with van der Waals surface area (Å²) in [4.78, 5) is 22.2. The number of aryl methyl sites for hydroxylation is 1. The summed E-state index contributed by atoms with van der Waals surface area (Å²) >= 11 is 0. The van der Waals surface area contributed by atoms with Crippen molar-refractivity contribution in [3.63, 3.8) is 0 Å². The van der Waals surface area contributed by atoms with Gasteiger partial charge in [0.2, 0.25) is 5.91 Å². The fourth-order valence-corrected chi connectivity index (χ4v) is 1.93. The number of carboxylic acid groups (broad SMARTS) is 1. The Labute approximate surface area is 126 Å². The molecule has 6 heteroatoms. The molecule has 0 saturated carbocycles. The van der Waals surface area contributed by atoms with E-state index < -0.39 is 12.0 Å². The Bertz CT molecular complexity index is 680. The van der Waals surface area contributed by atoms with Crippen molar-refractivity contribution in [1.29, 1.82) is 0 Å². The first-order valence-corrected chi connectivity index (χ1v) is 6.83. The molecule has 0 fully saturated rings. The van der Waals surface area contributed by atoms with Gasteiger partial charge in [-0.1, -0.05) is 12.1 Å². The summed E-state index contributed by atoms with van der Waals surface area (Å²) in [5, 5.41) is 11.1. The summed E-state index contributed by atoms with van der Waals surface area (Å²) in [6, 6.07) is 8.65. The van der Waals surface area contributed by atoms with Gasteiger partial charge in [-0.25, -0.2) is 4.39 Å². The number of aliphatic carboxylic acids is 1. The number of benzene rings is 1. The normalized spacial score (nSPS) is 11.9. The van der Waals surface area contributed by atoms with E-state index in [1.807, 2.05) is 0 Å². The molecule has 0 aliphatic rings. The van der Waals surface area contributed by atoms with E-state index in [2.05, 4.69) is 5.32 Å². The average molecular weight is 305 g/mol. The van der Waals surface area contributed by atoms with E-state index in [1.165, 1.54) is 13.0 Å². The zero-order chi connectivity index (χ0) is 16.1. The van der Waals surface area contributed by atoms with Gasteiger partial charge in [-0.05, 0) is 31.2 Å². The monoisotopic (exact) mass is 305 g/mol. The molecule has 0 saturated heterocycles. The van der Waals surface area contributed by atoms with Crippen LogP contribution in [0.25, 0.3) is 11.3 Å². The van der Waals surface area contributed by atoms with E-state index in [0.717, 1.165) is 0 Å². The van der Waals surface area contributed by atoms with Crippen molar-refractivity contribution < 1.29 is 23.5 Å². The number of furan rings is 1. The van der Waals surface area contributed by atoms with E-state index in [9.17, 15) is 14.0 Å². The minimum absolute atomic E-state index is 0.0991. The molecule has 0 aliphatic carbocycles. The van der Waals surface area contributed by atoms with Crippen LogP contribution < -0.4 is 5.32 Å². The van der Waals surface area contributed by atoms with Crippen molar-refractivity contribution in [3.05, 3.63) is 48.0 Å². The maximum absolute atomic E-state index is 13.6. The third-order valence-electron chi connectivity index (χ3n) is 3.15. The van der Waals surface area contributed by atoms with Crippen LogP contribution in [0.4, 0.5) is 4.39 Å². The summed E-state index contributed by atoms with van der Waals surface area (Å²) in [7, 11) is 0. The molecule has 1 heterocycles. The number of hydrogen-bond donors (Lipinski definition) is 2. The standard InChI is InChI=1S/C16H16FNO4/c1-10(16(20)21)18-15(19)9-7-11-6-8-14(22-11)12-4-2-3-5-13(12)17/h2-6,8,10H,7,9H2,1H3,(H,18,19)(H,20,21)/t10-/m0/s1. The Morgan fingerprint density at radius 1 is 1.27 bits per heavy atom. The fourth-order valence-electron chi connectivity index (χ4n) is 1.93. The second kappa shape index (κ2) is 6.89.